The number of carbonyl (C=O) groups excluding carboxylic acids is 1. The first-order valence-corrected chi connectivity index (χ1v) is 5.15. The fourth-order valence-electron chi connectivity index (χ4n) is 1.04. The first kappa shape index (κ1) is 12.1. The number of aliphatic hydroxyl groups is 1. The van der Waals surface area contributed by atoms with Gasteiger partial charge in [-0.15, -0.1) is 0 Å². The van der Waals surface area contributed by atoms with Crippen LogP contribution in [0, 0.1) is 5.82 Å². The Hall–Kier alpha value is -0.940. The van der Waals surface area contributed by atoms with E-state index in [1.165, 1.54) is 18.2 Å². The average Bonchev–Trinajstić information content (AvgIpc) is 2.21. The van der Waals surface area contributed by atoms with Crippen molar-refractivity contribution in [3.63, 3.8) is 0 Å². The van der Waals surface area contributed by atoms with Crippen LogP contribution in [0.15, 0.2) is 22.7 Å². The topological polar surface area (TPSA) is 46.5 Å². The van der Waals surface area contributed by atoms with Crippen LogP contribution in [-0.4, -0.2) is 17.7 Å². The lowest BCUT2D eigenvalue weighted by molar-refractivity contribution is -0.153. The van der Waals surface area contributed by atoms with E-state index in [0.29, 0.717) is 5.56 Å². The fourth-order valence-corrected chi connectivity index (χ4v) is 1.44. The third-order valence-corrected chi connectivity index (χ3v) is 2.38. The molecule has 0 radical (unpaired) electrons. The van der Waals surface area contributed by atoms with Crippen molar-refractivity contribution in [1.82, 2.24) is 0 Å². The van der Waals surface area contributed by atoms with Crippen LogP contribution in [0.4, 0.5) is 4.39 Å². The minimum atomic E-state index is -1.37. The van der Waals surface area contributed by atoms with Crippen molar-refractivity contribution in [2.24, 2.45) is 0 Å². The standard InChI is InChI=1S/C10H10BrFO3/c1-2-15-10(14)9(13)6-3-4-8(12)7(11)5-6/h3-5,9,13H,2H2,1H3. The zero-order chi connectivity index (χ0) is 11.4. The summed E-state index contributed by atoms with van der Waals surface area (Å²) in [5.74, 6) is -1.19. The number of benzene rings is 1. The molecule has 3 nitrogen and oxygen atoms in total. The molecule has 0 heterocycles. The van der Waals surface area contributed by atoms with Gasteiger partial charge >= 0.3 is 5.97 Å². The molecular formula is C10H10BrFO3. The van der Waals surface area contributed by atoms with Gasteiger partial charge in [0.25, 0.3) is 0 Å². The third kappa shape index (κ3) is 3.00. The zero-order valence-corrected chi connectivity index (χ0v) is 9.62. The molecule has 0 aliphatic carbocycles. The molecule has 0 saturated carbocycles. The normalized spacial score (nSPS) is 12.3. The Morgan fingerprint density at radius 1 is 1.67 bits per heavy atom. The number of ether oxygens (including phenoxy) is 1. The highest BCUT2D eigenvalue weighted by molar-refractivity contribution is 9.10. The molecule has 1 unspecified atom stereocenters. The van der Waals surface area contributed by atoms with Gasteiger partial charge in [0.15, 0.2) is 6.10 Å². The molecule has 1 rings (SSSR count). The van der Waals surface area contributed by atoms with Crippen LogP contribution in [0.3, 0.4) is 0 Å². The van der Waals surface area contributed by atoms with Crippen molar-refractivity contribution in [2.45, 2.75) is 13.0 Å². The van der Waals surface area contributed by atoms with Crippen LogP contribution in [0.1, 0.15) is 18.6 Å². The Morgan fingerprint density at radius 3 is 2.87 bits per heavy atom. The summed E-state index contributed by atoms with van der Waals surface area (Å²) in [4.78, 5) is 11.2. The van der Waals surface area contributed by atoms with Gasteiger partial charge in [-0.25, -0.2) is 9.18 Å². The van der Waals surface area contributed by atoms with Crippen molar-refractivity contribution in [1.29, 1.82) is 0 Å². The molecule has 0 amide bonds. The molecule has 0 aliphatic rings. The largest absolute Gasteiger partial charge is 0.464 e. The van der Waals surface area contributed by atoms with Crippen molar-refractivity contribution in [2.75, 3.05) is 6.61 Å². The van der Waals surface area contributed by atoms with Gasteiger partial charge in [-0.3, -0.25) is 0 Å². The van der Waals surface area contributed by atoms with Gasteiger partial charge in [0.05, 0.1) is 11.1 Å². The molecule has 1 atom stereocenters. The summed E-state index contributed by atoms with van der Waals surface area (Å²) < 4.78 is 17.7. The fraction of sp³-hybridized carbons (Fsp3) is 0.300. The number of hydrogen-bond donors (Lipinski definition) is 1. The average molecular weight is 277 g/mol. The maximum Gasteiger partial charge on any atom is 0.339 e. The van der Waals surface area contributed by atoms with E-state index < -0.39 is 17.9 Å². The number of carbonyl (C=O) groups is 1. The molecule has 0 aliphatic heterocycles. The summed E-state index contributed by atoms with van der Waals surface area (Å²) in [7, 11) is 0. The van der Waals surface area contributed by atoms with Gasteiger partial charge in [-0.05, 0) is 40.5 Å². The Morgan fingerprint density at radius 2 is 2.33 bits per heavy atom. The Balaban J connectivity index is 2.86. The van der Waals surface area contributed by atoms with Gasteiger partial charge in [-0.2, -0.15) is 0 Å². The molecule has 0 bridgehead atoms. The highest BCUT2D eigenvalue weighted by Crippen LogP contribution is 2.22. The molecule has 0 fully saturated rings. The van der Waals surface area contributed by atoms with Gasteiger partial charge in [-0.1, -0.05) is 6.07 Å². The second kappa shape index (κ2) is 5.23. The van der Waals surface area contributed by atoms with Crippen LogP contribution in [0.25, 0.3) is 0 Å². The molecule has 1 aromatic rings. The first-order valence-electron chi connectivity index (χ1n) is 4.36. The van der Waals surface area contributed by atoms with Crippen LogP contribution in [-0.2, 0) is 9.53 Å². The highest BCUT2D eigenvalue weighted by atomic mass is 79.9. The maximum atomic E-state index is 12.9. The van der Waals surface area contributed by atoms with E-state index in [-0.39, 0.29) is 11.1 Å². The third-order valence-electron chi connectivity index (χ3n) is 1.77. The first-order chi connectivity index (χ1) is 7.06. The van der Waals surface area contributed by atoms with E-state index in [4.69, 9.17) is 0 Å². The quantitative estimate of drug-likeness (QED) is 0.861. The maximum absolute atomic E-state index is 12.9. The van der Waals surface area contributed by atoms with Gasteiger partial charge in [0.2, 0.25) is 0 Å². The van der Waals surface area contributed by atoms with E-state index in [9.17, 15) is 14.3 Å². The number of halogens is 2. The predicted molar refractivity (Wildman–Crippen MR) is 55.7 cm³/mol. The van der Waals surface area contributed by atoms with Crippen LogP contribution < -0.4 is 0 Å². The van der Waals surface area contributed by atoms with Crippen molar-refractivity contribution in [3.8, 4) is 0 Å². The summed E-state index contributed by atoms with van der Waals surface area (Å²) in [5, 5.41) is 9.52. The highest BCUT2D eigenvalue weighted by Gasteiger charge is 2.19. The summed E-state index contributed by atoms with van der Waals surface area (Å²) in [6.45, 7) is 1.84. The minimum absolute atomic E-state index is 0.193. The number of esters is 1. The molecule has 0 saturated heterocycles. The molecule has 82 valence electrons. The van der Waals surface area contributed by atoms with E-state index in [1.54, 1.807) is 6.92 Å². The molecule has 1 N–H and O–H groups in total. The zero-order valence-electron chi connectivity index (χ0n) is 8.04. The Bertz CT molecular complexity index is 368. The summed E-state index contributed by atoms with van der Waals surface area (Å²) in [6, 6.07) is 3.85. The molecule has 1 aromatic carbocycles. The predicted octanol–water partition coefficient (Wildman–Crippen LogP) is 2.18. The van der Waals surface area contributed by atoms with Crippen molar-refractivity contribution in [3.05, 3.63) is 34.1 Å². The van der Waals surface area contributed by atoms with Crippen molar-refractivity contribution >= 4 is 21.9 Å². The lowest BCUT2D eigenvalue weighted by Gasteiger charge is -2.10. The summed E-state index contributed by atoms with van der Waals surface area (Å²) in [6.07, 6.45) is -1.37. The summed E-state index contributed by atoms with van der Waals surface area (Å²) in [5.41, 5.74) is 0.293. The Labute approximate surface area is 95.0 Å². The second-order valence-corrected chi connectivity index (χ2v) is 3.68. The lowest BCUT2D eigenvalue weighted by atomic mass is 10.1. The SMILES string of the molecule is CCOC(=O)C(O)c1ccc(F)c(Br)c1. The Kier molecular flexibility index (Phi) is 4.23. The number of hydrogen-bond acceptors (Lipinski definition) is 3. The monoisotopic (exact) mass is 276 g/mol. The van der Waals surface area contributed by atoms with Crippen molar-refractivity contribution < 1.29 is 19.0 Å². The molecular weight excluding hydrogens is 267 g/mol. The molecule has 15 heavy (non-hydrogen) atoms. The van der Waals surface area contributed by atoms with Crippen LogP contribution in [0.2, 0.25) is 0 Å². The van der Waals surface area contributed by atoms with E-state index in [0.717, 1.165) is 0 Å². The van der Waals surface area contributed by atoms with Gasteiger partial charge in [0.1, 0.15) is 5.82 Å². The van der Waals surface area contributed by atoms with Gasteiger partial charge in [0, 0.05) is 0 Å². The van der Waals surface area contributed by atoms with Gasteiger partial charge < -0.3 is 9.84 Å². The van der Waals surface area contributed by atoms with Crippen LogP contribution in [0.5, 0.6) is 0 Å². The summed E-state index contributed by atoms with van der Waals surface area (Å²) >= 11 is 2.96. The second-order valence-electron chi connectivity index (χ2n) is 2.83. The number of aliphatic hydroxyl groups excluding tert-OH is 1. The number of rotatable bonds is 3. The molecule has 0 spiro atoms. The van der Waals surface area contributed by atoms with E-state index in [1.807, 2.05) is 0 Å². The minimum Gasteiger partial charge on any atom is -0.464 e. The van der Waals surface area contributed by atoms with E-state index >= 15 is 0 Å². The van der Waals surface area contributed by atoms with E-state index in [2.05, 4.69) is 20.7 Å². The smallest absolute Gasteiger partial charge is 0.339 e. The molecule has 5 heteroatoms. The van der Waals surface area contributed by atoms with Crippen LogP contribution >= 0.6 is 15.9 Å². The lowest BCUT2D eigenvalue weighted by Crippen LogP contribution is -2.15. The molecule has 0 aromatic heterocycles.